The van der Waals surface area contributed by atoms with Crippen molar-refractivity contribution in [3.63, 3.8) is 0 Å². The number of para-hydroxylation sites is 1. The van der Waals surface area contributed by atoms with Gasteiger partial charge >= 0.3 is 51.4 Å². The van der Waals surface area contributed by atoms with E-state index in [9.17, 15) is 19.5 Å². The van der Waals surface area contributed by atoms with Crippen LogP contribution in [0.5, 0.6) is 0 Å². The number of H-pyrrole nitrogens is 1. The van der Waals surface area contributed by atoms with Gasteiger partial charge in [-0.15, -0.1) is 0 Å². The number of carbonyl (C=O) groups is 3. The summed E-state index contributed by atoms with van der Waals surface area (Å²) in [6, 6.07) is 9.13. The molecule has 1 aromatic heterocycles. The average molecular weight is 353 g/mol. The van der Waals surface area contributed by atoms with Crippen LogP contribution in [0.1, 0.15) is 17.4 Å². The minimum atomic E-state index is -1.72. The summed E-state index contributed by atoms with van der Waals surface area (Å²) in [4.78, 5) is 40.7. The summed E-state index contributed by atoms with van der Waals surface area (Å²) < 4.78 is 0. The number of carboxylic acid groups (broad SMARTS) is 1. The Labute approximate surface area is 181 Å². The third kappa shape index (κ3) is 3.73. The van der Waals surface area contributed by atoms with E-state index in [-0.39, 0.29) is 83.0 Å². The molecule has 3 rings (SSSR count). The van der Waals surface area contributed by atoms with Gasteiger partial charge in [-0.2, -0.15) is 0 Å². The molecule has 24 heavy (non-hydrogen) atoms. The first-order valence-corrected chi connectivity index (χ1v) is 7.36. The van der Waals surface area contributed by atoms with Crippen LogP contribution in [0.2, 0.25) is 0 Å². The quantitative estimate of drug-likeness (QED) is 0.427. The molecule has 2 aromatic rings. The number of aromatic nitrogens is 1. The van der Waals surface area contributed by atoms with E-state index in [1.165, 1.54) is 4.90 Å². The monoisotopic (exact) mass is 353 g/mol. The molecule has 2 amide bonds. The topological polar surface area (TPSA) is 96.5 Å². The van der Waals surface area contributed by atoms with E-state index >= 15 is 0 Å². The first kappa shape index (κ1) is 19.1. The molecular weight excluding hydrogens is 337 g/mol. The number of benzene rings is 1. The van der Waals surface area contributed by atoms with Crippen LogP contribution < -0.4 is 56.5 Å². The van der Waals surface area contributed by atoms with Crippen molar-refractivity contribution in [2.24, 2.45) is 0 Å². The second-order valence-electron chi connectivity index (χ2n) is 5.66. The van der Waals surface area contributed by atoms with E-state index in [1.54, 1.807) is 17.9 Å². The standard InChI is InChI=1S/C16H17N3O4.K/c1-10-9-18(15(21)16(22)23)6-7-19(10)14(20)13-8-11-4-2-3-5-12(11)17-13;/h2-5,8,10,17H,6-7,9H2,1H3,(H,22,23);/q;+1/p-1/t10-;/m1./s1. The van der Waals surface area contributed by atoms with E-state index in [1.807, 2.05) is 24.3 Å². The van der Waals surface area contributed by atoms with Gasteiger partial charge in [-0.1, -0.05) is 18.2 Å². The second kappa shape index (κ2) is 7.79. The van der Waals surface area contributed by atoms with Crippen molar-refractivity contribution in [1.29, 1.82) is 0 Å². The number of rotatable bonds is 1. The van der Waals surface area contributed by atoms with Gasteiger partial charge in [-0.25, -0.2) is 0 Å². The number of aliphatic carboxylic acids is 1. The van der Waals surface area contributed by atoms with Gasteiger partial charge in [0, 0.05) is 36.6 Å². The predicted octanol–water partition coefficient (Wildman–Crippen LogP) is -3.41. The molecule has 8 heteroatoms. The van der Waals surface area contributed by atoms with Gasteiger partial charge in [-0.05, 0) is 19.1 Å². The smallest absolute Gasteiger partial charge is 0.540 e. The van der Waals surface area contributed by atoms with Crippen molar-refractivity contribution in [2.75, 3.05) is 19.6 Å². The average Bonchev–Trinajstić information content (AvgIpc) is 2.97. The molecular formula is C16H16KN3O4. The molecule has 1 N–H and O–H groups in total. The predicted molar refractivity (Wildman–Crippen MR) is 80.4 cm³/mol. The number of hydrogen-bond acceptors (Lipinski definition) is 4. The van der Waals surface area contributed by atoms with E-state index in [4.69, 9.17) is 0 Å². The molecule has 0 unspecified atom stereocenters. The molecule has 120 valence electrons. The van der Waals surface area contributed by atoms with E-state index in [0.717, 1.165) is 10.9 Å². The Balaban J connectivity index is 0.00000208. The zero-order valence-electron chi connectivity index (χ0n) is 13.6. The molecule has 7 nitrogen and oxygen atoms in total. The summed E-state index contributed by atoms with van der Waals surface area (Å²) in [7, 11) is 0. The first-order valence-electron chi connectivity index (χ1n) is 7.36. The SMILES string of the molecule is C[C@@H]1CN(C(=O)C(=O)[O-])CCN1C(=O)c1cc2ccccc2[nH]1.[K+]. The summed E-state index contributed by atoms with van der Waals surface area (Å²) >= 11 is 0. The summed E-state index contributed by atoms with van der Waals surface area (Å²) in [5, 5.41) is 11.6. The van der Waals surface area contributed by atoms with Crippen LogP contribution in [0.4, 0.5) is 0 Å². The van der Waals surface area contributed by atoms with Gasteiger partial charge < -0.3 is 24.7 Å². The first-order chi connectivity index (χ1) is 11.0. The minimum Gasteiger partial charge on any atom is -0.540 e. The largest absolute Gasteiger partial charge is 1.00 e. The van der Waals surface area contributed by atoms with Gasteiger partial charge in [0.2, 0.25) is 0 Å². The number of fused-ring (bicyclic) bond motifs is 1. The van der Waals surface area contributed by atoms with Crippen molar-refractivity contribution in [3.05, 3.63) is 36.0 Å². The number of hydrogen-bond donors (Lipinski definition) is 1. The van der Waals surface area contributed by atoms with Gasteiger partial charge in [0.25, 0.3) is 11.8 Å². The molecule has 0 bridgehead atoms. The molecule has 0 radical (unpaired) electrons. The number of aromatic amines is 1. The number of nitrogens with one attached hydrogen (secondary N) is 1. The molecule has 0 saturated carbocycles. The Hall–Kier alpha value is -1.19. The Morgan fingerprint density at radius 2 is 1.92 bits per heavy atom. The van der Waals surface area contributed by atoms with E-state index in [2.05, 4.69) is 4.98 Å². The Morgan fingerprint density at radius 1 is 1.21 bits per heavy atom. The second-order valence-corrected chi connectivity index (χ2v) is 5.66. The zero-order chi connectivity index (χ0) is 16.6. The molecule has 2 heterocycles. The summed E-state index contributed by atoms with van der Waals surface area (Å²) in [6.07, 6.45) is 0. The van der Waals surface area contributed by atoms with Crippen LogP contribution in [-0.4, -0.2) is 58.2 Å². The number of amides is 2. The maximum atomic E-state index is 12.7. The molecule has 0 spiro atoms. The van der Waals surface area contributed by atoms with Crippen LogP contribution in [0.25, 0.3) is 10.9 Å². The third-order valence-electron chi connectivity index (χ3n) is 4.11. The minimum absolute atomic E-state index is 0. The van der Waals surface area contributed by atoms with Crippen LogP contribution >= 0.6 is 0 Å². The Kier molecular flexibility index (Phi) is 6.21. The van der Waals surface area contributed by atoms with E-state index < -0.39 is 11.9 Å². The number of piperazine rings is 1. The molecule has 1 saturated heterocycles. The fourth-order valence-electron chi connectivity index (χ4n) is 2.92. The zero-order valence-corrected chi connectivity index (χ0v) is 16.7. The van der Waals surface area contributed by atoms with Crippen LogP contribution in [0.15, 0.2) is 30.3 Å². The maximum absolute atomic E-state index is 12.7. The Bertz CT molecular complexity index is 755. The van der Waals surface area contributed by atoms with Gasteiger partial charge in [0.05, 0.1) is 0 Å². The summed E-state index contributed by atoms with van der Waals surface area (Å²) in [6.45, 7) is 2.44. The molecule has 1 aliphatic heterocycles. The van der Waals surface area contributed by atoms with Crippen LogP contribution in [0.3, 0.4) is 0 Å². The van der Waals surface area contributed by atoms with Crippen molar-refractivity contribution in [1.82, 2.24) is 14.8 Å². The summed E-state index contributed by atoms with van der Waals surface area (Å²) in [5.41, 5.74) is 1.37. The maximum Gasteiger partial charge on any atom is 1.00 e. The molecule has 1 atom stereocenters. The fourth-order valence-corrected chi connectivity index (χ4v) is 2.92. The fraction of sp³-hybridized carbons (Fsp3) is 0.312. The Morgan fingerprint density at radius 3 is 2.54 bits per heavy atom. The van der Waals surface area contributed by atoms with Crippen LogP contribution in [-0.2, 0) is 9.59 Å². The summed E-state index contributed by atoms with van der Waals surface area (Å²) in [5.74, 6) is -2.91. The third-order valence-corrected chi connectivity index (χ3v) is 4.11. The molecule has 1 aromatic carbocycles. The van der Waals surface area contributed by atoms with Gasteiger partial charge in [0.1, 0.15) is 11.7 Å². The van der Waals surface area contributed by atoms with Crippen molar-refractivity contribution in [2.45, 2.75) is 13.0 Å². The molecule has 0 aliphatic carbocycles. The van der Waals surface area contributed by atoms with E-state index in [0.29, 0.717) is 5.69 Å². The van der Waals surface area contributed by atoms with Gasteiger partial charge in [-0.3, -0.25) is 9.59 Å². The number of carbonyl (C=O) groups excluding carboxylic acids is 3. The number of nitrogens with zero attached hydrogens (tertiary/aromatic N) is 2. The van der Waals surface area contributed by atoms with Crippen LogP contribution in [0, 0.1) is 0 Å². The van der Waals surface area contributed by atoms with Gasteiger partial charge in [0.15, 0.2) is 0 Å². The van der Waals surface area contributed by atoms with Crippen molar-refractivity contribution >= 4 is 28.7 Å². The molecule has 1 aliphatic rings. The normalized spacial score (nSPS) is 17.5. The number of carboxylic acids is 1. The van der Waals surface area contributed by atoms with Crippen molar-refractivity contribution in [3.8, 4) is 0 Å². The van der Waals surface area contributed by atoms with Crippen molar-refractivity contribution < 1.29 is 70.9 Å². The molecule has 1 fully saturated rings.